The first kappa shape index (κ1) is 20.5. The van der Waals surface area contributed by atoms with Crippen molar-refractivity contribution in [2.24, 2.45) is 10.9 Å². The number of nitriles is 1. The first-order valence-electron chi connectivity index (χ1n) is 10.7. The lowest BCUT2D eigenvalue weighted by Gasteiger charge is -2.31. The Morgan fingerprint density at radius 2 is 2.24 bits per heavy atom. The van der Waals surface area contributed by atoms with E-state index in [-0.39, 0.29) is 11.8 Å². The number of carbonyl (C=O) groups excluding carboxylic acids is 1. The minimum Gasteiger partial charge on any atom is -0.348 e. The molecule has 0 spiro atoms. The third-order valence-electron chi connectivity index (χ3n) is 5.63. The number of nitrogens with zero attached hydrogens (tertiary/aromatic N) is 8. The molecule has 10 heteroatoms. The van der Waals surface area contributed by atoms with E-state index >= 15 is 0 Å². The van der Waals surface area contributed by atoms with E-state index in [9.17, 15) is 10.1 Å². The van der Waals surface area contributed by atoms with E-state index in [0.29, 0.717) is 41.5 Å². The summed E-state index contributed by atoms with van der Waals surface area (Å²) in [5, 5.41) is 9.19. The number of nitrogens with one attached hydrogen (secondary N) is 1. The van der Waals surface area contributed by atoms with Crippen molar-refractivity contribution in [3.8, 4) is 17.6 Å². The van der Waals surface area contributed by atoms with E-state index in [1.54, 1.807) is 53.7 Å². The molecule has 1 fully saturated rings. The Kier molecular flexibility index (Phi) is 5.59. The minimum atomic E-state index is 0.0889. The molecule has 10 nitrogen and oxygen atoms in total. The second-order valence-electron chi connectivity index (χ2n) is 7.91. The molecule has 0 aliphatic carbocycles. The van der Waals surface area contributed by atoms with Crippen molar-refractivity contribution in [1.82, 2.24) is 34.2 Å². The van der Waals surface area contributed by atoms with E-state index in [2.05, 4.69) is 36.0 Å². The highest BCUT2D eigenvalue weighted by molar-refractivity contribution is 5.79. The molecule has 5 rings (SSSR count). The summed E-state index contributed by atoms with van der Waals surface area (Å²) < 4.78 is 1.80. The summed E-state index contributed by atoms with van der Waals surface area (Å²) in [6.07, 6.45) is 12.4. The molecule has 1 aliphatic heterocycles. The summed E-state index contributed by atoms with van der Waals surface area (Å²) in [5.74, 6) is 1.27. The van der Waals surface area contributed by atoms with Crippen LogP contribution < -0.4 is 0 Å². The molecule has 1 N–H and O–H groups in total. The molecule has 1 unspecified atom stereocenters. The quantitative estimate of drug-likeness (QED) is 0.476. The molecular formula is C23H21N9O. The lowest BCUT2D eigenvalue weighted by molar-refractivity contribution is -0.131. The third kappa shape index (κ3) is 4.48. The predicted molar refractivity (Wildman–Crippen MR) is 121 cm³/mol. The molecule has 164 valence electrons. The monoisotopic (exact) mass is 439 g/mol. The lowest BCUT2D eigenvalue weighted by atomic mass is 9.99. The zero-order valence-electron chi connectivity index (χ0n) is 17.8. The number of hydrogen-bond acceptors (Lipinski definition) is 7. The fourth-order valence-corrected chi connectivity index (χ4v) is 3.95. The summed E-state index contributed by atoms with van der Waals surface area (Å²) in [6.45, 7) is 1.40. The summed E-state index contributed by atoms with van der Waals surface area (Å²) in [7, 11) is 0. The van der Waals surface area contributed by atoms with Gasteiger partial charge >= 0.3 is 0 Å². The second-order valence-corrected chi connectivity index (χ2v) is 7.91. The zero-order valence-corrected chi connectivity index (χ0v) is 17.8. The van der Waals surface area contributed by atoms with Crippen LogP contribution in [0.1, 0.15) is 24.1 Å². The van der Waals surface area contributed by atoms with Crippen molar-refractivity contribution in [2.75, 3.05) is 13.1 Å². The molecule has 0 saturated carbocycles. The minimum absolute atomic E-state index is 0.0889. The molecular weight excluding hydrogens is 418 g/mol. The van der Waals surface area contributed by atoms with Crippen molar-refractivity contribution in [3.05, 3.63) is 60.6 Å². The number of aromatic amines is 1. The van der Waals surface area contributed by atoms with Crippen LogP contribution in [0.3, 0.4) is 0 Å². The highest BCUT2D eigenvalue weighted by Gasteiger charge is 2.23. The number of amides is 1. The average Bonchev–Trinajstić information content (AvgIpc) is 3.52. The number of aromatic nitrogens is 6. The number of rotatable bonds is 5. The molecule has 1 saturated heterocycles. The van der Waals surface area contributed by atoms with Gasteiger partial charge in [-0.25, -0.2) is 24.9 Å². The standard InChI is InChI=1S/C23H21N9O/c24-9-16-3-4-21-28-12-19(32(21)14-16)23-26-6-5-20(30-23)27-10-17-2-1-7-31(13-17)22(33)8-18-11-25-15-29-18/h3-6,10-12,14-15,17H,1-2,7-8,13H2,(H,25,29). The molecule has 0 aromatic carbocycles. The lowest BCUT2D eigenvalue weighted by Crippen LogP contribution is -2.41. The summed E-state index contributed by atoms with van der Waals surface area (Å²) >= 11 is 0. The molecule has 33 heavy (non-hydrogen) atoms. The number of imidazole rings is 2. The maximum atomic E-state index is 12.6. The van der Waals surface area contributed by atoms with Gasteiger partial charge in [-0.1, -0.05) is 0 Å². The Bertz CT molecular complexity index is 1350. The van der Waals surface area contributed by atoms with Crippen molar-refractivity contribution >= 4 is 23.6 Å². The van der Waals surface area contributed by atoms with Crippen LogP contribution in [0.5, 0.6) is 0 Å². The molecule has 1 amide bonds. The fraction of sp³-hybridized carbons (Fsp3) is 0.261. The van der Waals surface area contributed by atoms with Crippen LogP contribution in [0.15, 0.2) is 54.3 Å². The molecule has 1 aliphatic rings. The number of hydrogen-bond donors (Lipinski definition) is 1. The van der Waals surface area contributed by atoms with E-state index in [0.717, 1.165) is 25.1 Å². The van der Waals surface area contributed by atoms with Crippen LogP contribution >= 0.6 is 0 Å². The number of pyridine rings is 1. The van der Waals surface area contributed by atoms with Crippen molar-refractivity contribution in [3.63, 3.8) is 0 Å². The third-order valence-corrected chi connectivity index (χ3v) is 5.63. The van der Waals surface area contributed by atoms with Gasteiger partial charge in [0.1, 0.15) is 17.4 Å². The van der Waals surface area contributed by atoms with Gasteiger partial charge in [-0.05, 0) is 25.0 Å². The summed E-state index contributed by atoms with van der Waals surface area (Å²) in [5.41, 5.74) is 2.74. The van der Waals surface area contributed by atoms with Crippen molar-refractivity contribution in [2.45, 2.75) is 19.3 Å². The van der Waals surface area contributed by atoms with E-state index in [4.69, 9.17) is 0 Å². The van der Waals surface area contributed by atoms with Crippen molar-refractivity contribution < 1.29 is 4.79 Å². The number of likely N-dealkylation sites (tertiary alicyclic amines) is 1. The Morgan fingerprint density at radius 3 is 3.09 bits per heavy atom. The van der Waals surface area contributed by atoms with Gasteiger partial charge in [0, 0.05) is 55.6 Å². The SMILES string of the molecule is N#Cc1ccc2ncc(-c3nccc(N=CC4CCCN(C(=O)Cc5cnc[nH]5)C4)n3)n2c1. The first-order valence-corrected chi connectivity index (χ1v) is 10.7. The molecule has 0 radical (unpaired) electrons. The Balaban J connectivity index is 1.30. The maximum absolute atomic E-state index is 12.6. The van der Waals surface area contributed by atoms with Gasteiger partial charge in [-0.3, -0.25) is 9.20 Å². The van der Waals surface area contributed by atoms with E-state index in [1.165, 1.54) is 0 Å². The fourth-order valence-electron chi connectivity index (χ4n) is 3.95. The second kappa shape index (κ2) is 9.00. The number of piperidine rings is 1. The first-order chi connectivity index (χ1) is 16.2. The molecule has 4 aromatic heterocycles. The molecule has 5 heterocycles. The Morgan fingerprint density at radius 1 is 1.30 bits per heavy atom. The summed E-state index contributed by atoms with van der Waals surface area (Å²) in [6, 6.07) is 7.38. The molecule has 4 aromatic rings. The van der Waals surface area contributed by atoms with Crippen LogP contribution in [0.25, 0.3) is 17.2 Å². The normalized spacial score (nSPS) is 16.3. The van der Waals surface area contributed by atoms with E-state index < -0.39 is 0 Å². The molecule has 1 atom stereocenters. The number of fused-ring (bicyclic) bond motifs is 1. The molecule has 0 bridgehead atoms. The van der Waals surface area contributed by atoms with Gasteiger partial charge in [-0.15, -0.1) is 0 Å². The van der Waals surface area contributed by atoms with Gasteiger partial charge in [-0.2, -0.15) is 5.26 Å². The smallest absolute Gasteiger partial charge is 0.228 e. The number of H-pyrrole nitrogens is 1. The van der Waals surface area contributed by atoms with Crippen LogP contribution in [-0.4, -0.2) is 59.4 Å². The Hall–Kier alpha value is -4.39. The van der Waals surface area contributed by atoms with Crippen LogP contribution in [0.2, 0.25) is 0 Å². The predicted octanol–water partition coefficient (Wildman–Crippen LogP) is 2.57. The van der Waals surface area contributed by atoms with Gasteiger partial charge in [0.15, 0.2) is 11.6 Å². The van der Waals surface area contributed by atoms with Crippen LogP contribution in [0.4, 0.5) is 5.82 Å². The van der Waals surface area contributed by atoms with Gasteiger partial charge in [0.2, 0.25) is 5.91 Å². The largest absolute Gasteiger partial charge is 0.348 e. The van der Waals surface area contributed by atoms with Crippen molar-refractivity contribution in [1.29, 1.82) is 5.26 Å². The topological polar surface area (TPSA) is 128 Å². The zero-order chi connectivity index (χ0) is 22.6. The van der Waals surface area contributed by atoms with Gasteiger partial charge < -0.3 is 9.88 Å². The number of aliphatic imine (C=N–C) groups is 1. The van der Waals surface area contributed by atoms with E-state index in [1.807, 2.05) is 11.1 Å². The average molecular weight is 439 g/mol. The van der Waals surface area contributed by atoms with Gasteiger partial charge in [0.25, 0.3) is 0 Å². The highest BCUT2D eigenvalue weighted by Crippen LogP contribution is 2.21. The maximum Gasteiger partial charge on any atom is 0.228 e. The highest BCUT2D eigenvalue weighted by atomic mass is 16.2. The Labute approximate surface area is 189 Å². The summed E-state index contributed by atoms with van der Waals surface area (Å²) in [4.78, 5) is 39.3. The van der Waals surface area contributed by atoms with Crippen LogP contribution in [-0.2, 0) is 11.2 Å². The van der Waals surface area contributed by atoms with Crippen LogP contribution in [0, 0.1) is 17.2 Å². The number of carbonyl (C=O) groups is 1. The van der Waals surface area contributed by atoms with Gasteiger partial charge in [0.05, 0.1) is 24.5 Å².